The highest BCUT2D eigenvalue weighted by atomic mass is 79.9. The largest absolute Gasteiger partial charge is 1.00 e. The number of nitrogens with one attached hydrogen (secondary N) is 1. The molecule has 2 aromatic rings. The second-order valence-corrected chi connectivity index (χ2v) is 10.2. The molecule has 1 aliphatic carbocycles. The number of benzene rings is 1. The molecule has 6 rings (SSSR count). The number of nitrogens with zero attached hydrogens (tertiary/aromatic N) is 3. The van der Waals surface area contributed by atoms with Gasteiger partial charge in [-0.05, 0) is 18.4 Å². The van der Waals surface area contributed by atoms with Crippen molar-refractivity contribution in [1.82, 2.24) is 9.97 Å². The molecule has 4 aliphatic rings. The third-order valence-electron chi connectivity index (χ3n) is 8.09. The third kappa shape index (κ3) is 5.27. The molecule has 2 bridgehead atoms. The average molecular weight is 545 g/mol. The van der Waals surface area contributed by atoms with Crippen LogP contribution < -0.4 is 22.3 Å². The van der Waals surface area contributed by atoms with Gasteiger partial charge in [0.05, 0.1) is 31.2 Å². The van der Waals surface area contributed by atoms with Crippen molar-refractivity contribution in [3.05, 3.63) is 54.6 Å². The number of ether oxygens (including phenoxy) is 1. The summed E-state index contributed by atoms with van der Waals surface area (Å²) in [4.78, 5) is 34.3. The number of rotatable bonds is 7. The Kier molecular flexibility index (Phi) is 7.88. The molecule has 4 fully saturated rings. The van der Waals surface area contributed by atoms with E-state index in [4.69, 9.17) is 4.74 Å². The fraction of sp³-hybridized carbons (Fsp3) is 0.538. The minimum Gasteiger partial charge on any atom is -1.00 e. The highest BCUT2D eigenvalue weighted by Gasteiger charge is 2.53. The quantitative estimate of drug-likeness (QED) is 0.365. The van der Waals surface area contributed by atoms with Crippen molar-refractivity contribution < 1.29 is 40.9 Å². The Labute approximate surface area is 216 Å². The number of aliphatic hydroxyl groups is 1. The number of hydrogen-bond donors (Lipinski definition) is 2. The van der Waals surface area contributed by atoms with Gasteiger partial charge < -0.3 is 36.6 Å². The van der Waals surface area contributed by atoms with Crippen LogP contribution in [0.2, 0.25) is 0 Å². The van der Waals surface area contributed by atoms with Gasteiger partial charge in [-0.1, -0.05) is 43.2 Å². The van der Waals surface area contributed by atoms with Crippen LogP contribution in [0, 0.1) is 11.8 Å². The minimum absolute atomic E-state index is 0. The van der Waals surface area contributed by atoms with Crippen LogP contribution in [-0.2, 0) is 19.9 Å². The van der Waals surface area contributed by atoms with E-state index in [1.54, 1.807) is 12.4 Å². The number of carbonyl (C=O) groups is 2. The number of esters is 1. The number of fused-ring (bicyclic) bond motifs is 3. The number of amides is 1. The van der Waals surface area contributed by atoms with Crippen molar-refractivity contribution in [2.45, 2.75) is 50.2 Å². The molecule has 3 aliphatic heterocycles. The molecule has 35 heavy (non-hydrogen) atoms. The van der Waals surface area contributed by atoms with E-state index in [0.29, 0.717) is 28.8 Å². The van der Waals surface area contributed by atoms with Crippen molar-refractivity contribution in [1.29, 1.82) is 0 Å². The zero-order chi connectivity index (χ0) is 23.6. The molecule has 4 heterocycles. The van der Waals surface area contributed by atoms with Crippen LogP contribution in [0.5, 0.6) is 0 Å². The summed E-state index contributed by atoms with van der Waals surface area (Å²) < 4.78 is 6.72. The van der Waals surface area contributed by atoms with Gasteiger partial charge in [-0.2, -0.15) is 0 Å². The lowest BCUT2D eigenvalue weighted by molar-refractivity contribution is -0.939. The Bertz CT molecular complexity index is 1010. The summed E-state index contributed by atoms with van der Waals surface area (Å²) in [5, 5.41) is 14.6. The Morgan fingerprint density at radius 1 is 1.06 bits per heavy atom. The minimum atomic E-state index is -1.63. The van der Waals surface area contributed by atoms with E-state index in [9.17, 15) is 14.7 Å². The first-order chi connectivity index (χ1) is 16.5. The molecule has 0 radical (unpaired) electrons. The van der Waals surface area contributed by atoms with Gasteiger partial charge in [0.25, 0.3) is 5.91 Å². The molecule has 8 nitrogen and oxygen atoms in total. The van der Waals surface area contributed by atoms with Crippen LogP contribution in [0.4, 0.5) is 5.69 Å². The second-order valence-electron chi connectivity index (χ2n) is 10.2. The van der Waals surface area contributed by atoms with Crippen molar-refractivity contribution in [2.75, 3.05) is 31.5 Å². The van der Waals surface area contributed by atoms with E-state index in [2.05, 4.69) is 15.3 Å². The summed E-state index contributed by atoms with van der Waals surface area (Å²) in [6.45, 7) is 2.71. The Morgan fingerprint density at radius 2 is 1.71 bits per heavy atom. The third-order valence-corrected chi connectivity index (χ3v) is 8.09. The topological polar surface area (TPSA) is 101 Å². The fourth-order valence-electron chi connectivity index (χ4n) is 6.23. The van der Waals surface area contributed by atoms with E-state index in [-0.39, 0.29) is 40.8 Å². The monoisotopic (exact) mass is 544 g/mol. The SMILES string of the molecule is O=C(C[N+]12CCC(CC1)[C@@H](OC(=O)C(O)(c1ccccc1)C1CCCC1)C2)Nc1cncnc1.[Br-]. The van der Waals surface area contributed by atoms with Crippen LogP contribution in [0.25, 0.3) is 0 Å². The summed E-state index contributed by atoms with van der Waals surface area (Å²) in [7, 11) is 0. The lowest BCUT2D eigenvalue weighted by atomic mass is 9.79. The van der Waals surface area contributed by atoms with E-state index < -0.39 is 11.6 Å². The lowest BCUT2D eigenvalue weighted by Gasteiger charge is -2.52. The molecule has 0 spiro atoms. The Hall–Kier alpha value is -2.36. The Morgan fingerprint density at radius 3 is 2.37 bits per heavy atom. The number of carbonyl (C=O) groups excluding carboxylic acids is 2. The number of halogens is 1. The van der Waals surface area contributed by atoms with Crippen molar-refractivity contribution in [3.8, 4) is 0 Å². The normalized spacial score (nSPS) is 27.5. The molecule has 9 heteroatoms. The molecular weight excluding hydrogens is 512 g/mol. The predicted octanol–water partition coefficient (Wildman–Crippen LogP) is -0.351. The first-order valence-corrected chi connectivity index (χ1v) is 12.4. The number of quaternary nitrogens is 1. The highest BCUT2D eigenvalue weighted by Crippen LogP contribution is 2.43. The smallest absolute Gasteiger partial charge is 0.343 e. The number of anilines is 1. The lowest BCUT2D eigenvalue weighted by Crippen LogP contribution is -3.00. The maximum absolute atomic E-state index is 13.6. The average Bonchev–Trinajstić information content (AvgIpc) is 3.40. The molecule has 2 N–H and O–H groups in total. The zero-order valence-corrected chi connectivity index (χ0v) is 21.4. The van der Waals surface area contributed by atoms with Gasteiger partial charge in [-0.3, -0.25) is 4.79 Å². The molecule has 2 atom stereocenters. The van der Waals surface area contributed by atoms with Gasteiger partial charge in [0.2, 0.25) is 0 Å². The predicted molar refractivity (Wildman–Crippen MR) is 125 cm³/mol. The van der Waals surface area contributed by atoms with Gasteiger partial charge in [0, 0.05) is 24.7 Å². The number of aromatic nitrogens is 2. The molecule has 1 saturated carbocycles. The van der Waals surface area contributed by atoms with Gasteiger partial charge in [-0.25, -0.2) is 14.8 Å². The maximum atomic E-state index is 13.6. The standard InChI is InChI=1S/C26H32N4O4.BrH/c31-24(29-22-14-27-18-28-15-22)17-30-12-10-19(11-13-30)23(16-30)34-25(32)26(33,21-8-4-5-9-21)20-6-2-1-3-7-20;/h1-3,6-7,14-15,18-19,21,23,33H,4-5,8-13,16-17H2;1H/t19?,23-,26?,30?;/m0./s1. The van der Waals surface area contributed by atoms with Crippen LogP contribution >= 0.6 is 0 Å². The summed E-state index contributed by atoms with van der Waals surface area (Å²) in [6.07, 6.45) is 9.77. The van der Waals surface area contributed by atoms with Crippen molar-refractivity contribution in [2.24, 2.45) is 11.8 Å². The van der Waals surface area contributed by atoms with Crippen molar-refractivity contribution in [3.63, 3.8) is 0 Å². The first kappa shape index (κ1) is 25.7. The van der Waals surface area contributed by atoms with Crippen LogP contribution in [-0.4, -0.2) is 63.7 Å². The molecule has 3 saturated heterocycles. The van der Waals surface area contributed by atoms with Gasteiger partial charge in [0.1, 0.15) is 12.9 Å². The molecule has 1 amide bonds. The molecule has 1 aromatic heterocycles. The molecular formula is C26H33BrN4O4. The van der Waals surface area contributed by atoms with Crippen LogP contribution in [0.3, 0.4) is 0 Å². The molecule has 1 unspecified atom stereocenters. The van der Waals surface area contributed by atoms with Crippen LogP contribution in [0.15, 0.2) is 49.1 Å². The Balaban J connectivity index is 0.00000289. The van der Waals surface area contributed by atoms with Crippen LogP contribution in [0.1, 0.15) is 44.1 Å². The molecule has 1 aromatic carbocycles. The van der Waals surface area contributed by atoms with E-state index >= 15 is 0 Å². The number of hydrogen-bond acceptors (Lipinski definition) is 6. The maximum Gasteiger partial charge on any atom is 0.343 e. The summed E-state index contributed by atoms with van der Waals surface area (Å²) in [6, 6.07) is 9.24. The fourth-order valence-corrected chi connectivity index (χ4v) is 6.23. The van der Waals surface area contributed by atoms with E-state index in [0.717, 1.165) is 51.6 Å². The molecule has 188 valence electrons. The highest BCUT2D eigenvalue weighted by molar-refractivity contribution is 5.91. The number of piperidine rings is 3. The van der Waals surface area contributed by atoms with Crippen molar-refractivity contribution >= 4 is 17.6 Å². The second kappa shape index (κ2) is 10.7. The summed E-state index contributed by atoms with van der Waals surface area (Å²) in [5.74, 6) is -0.482. The summed E-state index contributed by atoms with van der Waals surface area (Å²) in [5.41, 5.74) is -0.439. The summed E-state index contributed by atoms with van der Waals surface area (Å²) >= 11 is 0. The van der Waals surface area contributed by atoms with Gasteiger partial charge in [-0.15, -0.1) is 0 Å². The first-order valence-electron chi connectivity index (χ1n) is 12.4. The van der Waals surface area contributed by atoms with E-state index in [1.807, 2.05) is 30.3 Å². The van der Waals surface area contributed by atoms with Gasteiger partial charge >= 0.3 is 5.97 Å². The van der Waals surface area contributed by atoms with E-state index in [1.165, 1.54) is 6.33 Å². The van der Waals surface area contributed by atoms with Gasteiger partial charge in [0.15, 0.2) is 18.2 Å². The zero-order valence-electron chi connectivity index (χ0n) is 19.8.